The number of carbonyl (C=O) groups excluding carboxylic acids is 3. The van der Waals surface area contributed by atoms with E-state index in [1.54, 1.807) is 16.9 Å². The molecule has 1 aromatic heterocycles. The van der Waals surface area contributed by atoms with E-state index in [-0.39, 0.29) is 24.3 Å². The van der Waals surface area contributed by atoms with E-state index in [1.165, 1.54) is 7.05 Å². The van der Waals surface area contributed by atoms with Crippen LogP contribution in [0.15, 0.2) is 42.6 Å². The zero-order valence-corrected chi connectivity index (χ0v) is 14.4. The first-order valence-corrected chi connectivity index (χ1v) is 7.83. The third kappa shape index (κ3) is 5.17. The molecule has 0 bridgehead atoms. The van der Waals surface area contributed by atoms with Crippen molar-refractivity contribution in [1.82, 2.24) is 20.0 Å². The number of amides is 3. The van der Waals surface area contributed by atoms with E-state index in [4.69, 9.17) is 0 Å². The zero-order valence-electron chi connectivity index (χ0n) is 14.4. The van der Waals surface area contributed by atoms with Crippen LogP contribution in [0.4, 0.5) is 5.82 Å². The second-order valence-electron chi connectivity index (χ2n) is 5.82. The van der Waals surface area contributed by atoms with Crippen LogP contribution in [0.3, 0.4) is 0 Å². The Balaban J connectivity index is 1.94. The summed E-state index contributed by atoms with van der Waals surface area (Å²) < 4.78 is 1.58. The Bertz CT molecular complexity index is 755. The van der Waals surface area contributed by atoms with Crippen LogP contribution in [0.25, 0.3) is 5.69 Å². The highest BCUT2D eigenvalue weighted by atomic mass is 16.2. The molecule has 1 aromatic carbocycles. The van der Waals surface area contributed by atoms with E-state index in [0.29, 0.717) is 0 Å². The summed E-state index contributed by atoms with van der Waals surface area (Å²) in [4.78, 5) is 36.8. The largest absolute Gasteiger partial charge is 0.352 e. The number of aromatic nitrogens is 2. The van der Waals surface area contributed by atoms with Crippen molar-refractivity contribution in [2.45, 2.75) is 19.9 Å². The molecule has 0 saturated carbocycles. The van der Waals surface area contributed by atoms with Crippen molar-refractivity contribution in [2.24, 2.45) is 0 Å². The number of nitrogens with one attached hydrogen (secondary N) is 2. The van der Waals surface area contributed by atoms with Gasteiger partial charge in [-0.05, 0) is 26.0 Å². The van der Waals surface area contributed by atoms with Crippen molar-refractivity contribution in [3.05, 3.63) is 42.6 Å². The van der Waals surface area contributed by atoms with Crippen LogP contribution in [0.2, 0.25) is 0 Å². The zero-order chi connectivity index (χ0) is 18.4. The summed E-state index contributed by atoms with van der Waals surface area (Å²) in [7, 11) is 1.39. The Morgan fingerprint density at radius 2 is 1.84 bits per heavy atom. The Labute approximate surface area is 145 Å². The maximum absolute atomic E-state index is 12.0. The standard InChI is InChI=1S/C17H21N5O3/c1-12(2)18-15(23)11-21(3)17(25)16(24)19-14-9-10-22(20-14)13-7-5-4-6-8-13/h4-10,12H,11H2,1-3H3,(H,18,23)(H,19,20,24). The molecule has 3 amide bonds. The quantitative estimate of drug-likeness (QED) is 0.785. The lowest BCUT2D eigenvalue weighted by atomic mass is 10.3. The molecule has 0 spiro atoms. The van der Waals surface area contributed by atoms with Crippen LogP contribution in [-0.2, 0) is 14.4 Å². The molecular weight excluding hydrogens is 322 g/mol. The first-order chi connectivity index (χ1) is 11.9. The molecule has 2 N–H and O–H groups in total. The highest BCUT2D eigenvalue weighted by Gasteiger charge is 2.21. The highest BCUT2D eigenvalue weighted by Crippen LogP contribution is 2.09. The lowest BCUT2D eigenvalue weighted by molar-refractivity contribution is -0.143. The number of anilines is 1. The van der Waals surface area contributed by atoms with Gasteiger partial charge in [-0.1, -0.05) is 18.2 Å². The summed E-state index contributed by atoms with van der Waals surface area (Å²) in [5.74, 6) is -1.74. The average Bonchev–Trinajstić information content (AvgIpc) is 3.02. The molecule has 2 aromatic rings. The van der Waals surface area contributed by atoms with Gasteiger partial charge in [0.05, 0.1) is 12.2 Å². The maximum Gasteiger partial charge on any atom is 0.315 e. The lowest BCUT2D eigenvalue weighted by Crippen LogP contribution is -2.44. The normalized spacial score (nSPS) is 10.4. The van der Waals surface area contributed by atoms with Crippen LogP contribution < -0.4 is 10.6 Å². The van der Waals surface area contributed by atoms with Gasteiger partial charge in [-0.3, -0.25) is 14.4 Å². The molecule has 0 aliphatic rings. The minimum absolute atomic E-state index is 0.0354. The van der Waals surface area contributed by atoms with E-state index in [9.17, 15) is 14.4 Å². The molecule has 0 atom stereocenters. The van der Waals surface area contributed by atoms with Gasteiger partial charge in [0.1, 0.15) is 0 Å². The van der Waals surface area contributed by atoms with Crippen molar-refractivity contribution in [1.29, 1.82) is 0 Å². The van der Waals surface area contributed by atoms with E-state index in [0.717, 1.165) is 10.6 Å². The summed E-state index contributed by atoms with van der Waals surface area (Å²) in [6.07, 6.45) is 1.68. The van der Waals surface area contributed by atoms with Gasteiger partial charge in [0.2, 0.25) is 5.91 Å². The van der Waals surface area contributed by atoms with E-state index in [1.807, 2.05) is 44.2 Å². The number of likely N-dealkylation sites (N-methyl/N-ethyl adjacent to an activating group) is 1. The molecule has 1 heterocycles. The van der Waals surface area contributed by atoms with Crippen molar-refractivity contribution < 1.29 is 14.4 Å². The number of carbonyl (C=O) groups is 3. The SMILES string of the molecule is CC(C)NC(=O)CN(C)C(=O)C(=O)Nc1ccn(-c2ccccc2)n1. The predicted octanol–water partition coefficient (Wildman–Crippen LogP) is 0.794. The topological polar surface area (TPSA) is 96.3 Å². The van der Waals surface area contributed by atoms with E-state index < -0.39 is 11.8 Å². The van der Waals surface area contributed by atoms with Gasteiger partial charge in [-0.2, -0.15) is 5.10 Å². The molecule has 8 heteroatoms. The van der Waals surface area contributed by atoms with E-state index in [2.05, 4.69) is 15.7 Å². The summed E-state index contributed by atoms with van der Waals surface area (Å²) in [5.41, 5.74) is 0.830. The third-order valence-electron chi connectivity index (χ3n) is 3.22. The molecule has 0 aliphatic carbocycles. The number of benzene rings is 1. The van der Waals surface area contributed by atoms with Gasteiger partial charge in [-0.15, -0.1) is 0 Å². The van der Waals surface area contributed by atoms with Crippen LogP contribution >= 0.6 is 0 Å². The first kappa shape index (κ1) is 18.2. The number of hydrogen-bond acceptors (Lipinski definition) is 4. The molecule has 132 valence electrons. The van der Waals surface area contributed by atoms with Gasteiger partial charge in [0.25, 0.3) is 0 Å². The fourth-order valence-corrected chi connectivity index (χ4v) is 2.11. The number of hydrogen-bond donors (Lipinski definition) is 2. The molecule has 0 fully saturated rings. The molecule has 25 heavy (non-hydrogen) atoms. The van der Waals surface area contributed by atoms with Crippen LogP contribution in [0.1, 0.15) is 13.8 Å². The second kappa shape index (κ2) is 8.09. The van der Waals surface area contributed by atoms with Gasteiger partial charge < -0.3 is 15.5 Å². The number of nitrogens with zero attached hydrogens (tertiary/aromatic N) is 3. The van der Waals surface area contributed by atoms with Crippen molar-refractivity contribution >= 4 is 23.5 Å². The maximum atomic E-state index is 12.0. The third-order valence-corrected chi connectivity index (χ3v) is 3.22. The van der Waals surface area contributed by atoms with Crippen LogP contribution in [0.5, 0.6) is 0 Å². The Kier molecular flexibility index (Phi) is 5.89. The van der Waals surface area contributed by atoms with Crippen LogP contribution in [-0.4, -0.2) is 52.0 Å². The fraction of sp³-hybridized carbons (Fsp3) is 0.294. The molecular formula is C17H21N5O3. The number of rotatable bonds is 5. The Morgan fingerprint density at radius 3 is 2.48 bits per heavy atom. The molecule has 8 nitrogen and oxygen atoms in total. The van der Waals surface area contributed by atoms with Gasteiger partial charge in [-0.25, -0.2) is 4.68 Å². The minimum atomic E-state index is -0.849. The smallest absolute Gasteiger partial charge is 0.315 e. The summed E-state index contributed by atoms with van der Waals surface area (Å²) in [6, 6.07) is 10.9. The predicted molar refractivity (Wildman–Crippen MR) is 93.1 cm³/mol. The van der Waals surface area contributed by atoms with Crippen LogP contribution in [0, 0.1) is 0 Å². The monoisotopic (exact) mass is 343 g/mol. The van der Waals surface area contributed by atoms with E-state index >= 15 is 0 Å². The number of para-hydroxylation sites is 1. The van der Waals surface area contributed by atoms with Gasteiger partial charge in [0, 0.05) is 25.4 Å². The summed E-state index contributed by atoms with van der Waals surface area (Å²) in [6.45, 7) is 3.44. The molecule has 0 aliphatic heterocycles. The fourth-order valence-electron chi connectivity index (χ4n) is 2.11. The molecule has 2 rings (SSSR count). The molecule has 0 saturated heterocycles. The van der Waals surface area contributed by atoms with Crippen molar-refractivity contribution in [3.8, 4) is 5.69 Å². The average molecular weight is 343 g/mol. The van der Waals surface area contributed by atoms with Gasteiger partial charge >= 0.3 is 11.8 Å². The minimum Gasteiger partial charge on any atom is -0.352 e. The summed E-state index contributed by atoms with van der Waals surface area (Å²) >= 11 is 0. The van der Waals surface area contributed by atoms with Crippen molar-refractivity contribution in [2.75, 3.05) is 18.9 Å². The Hall–Kier alpha value is -3.16. The van der Waals surface area contributed by atoms with Gasteiger partial charge in [0.15, 0.2) is 5.82 Å². The summed E-state index contributed by atoms with van der Waals surface area (Å²) in [5, 5.41) is 9.29. The highest BCUT2D eigenvalue weighted by molar-refractivity contribution is 6.39. The first-order valence-electron chi connectivity index (χ1n) is 7.83. The Morgan fingerprint density at radius 1 is 1.16 bits per heavy atom. The molecule has 0 radical (unpaired) electrons. The van der Waals surface area contributed by atoms with Crippen molar-refractivity contribution in [3.63, 3.8) is 0 Å². The lowest BCUT2D eigenvalue weighted by Gasteiger charge is -2.17. The second-order valence-corrected chi connectivity index (χ2v) is 5.82. The molecule has 0 unspecified atom stereocenters.